The van der Waals surface area contributed by atoms with E-state index in [1.54, 1.807) is 19.2 Å². The van der Waals surface area contributed by atoms with Crippen molar-refractivity contribution >= 4 is 17.7 Å². The molecule has 0 atom stereocenters. The lowest BCUT2D eigenvalue weighted by Gasteiger charge is -2.32. The van der Waals surface area contributed by atoms with Gasteiger partial charge < -0.3 is 19.7 Å². The average molecular weight is 395 g/mol. The van der Waals surface area contributed by atoms with Crippen LogP contribution >= 0.6 is 0 Å². The molecule has 1 heterocycles. The zero-order valence-electron chi connectivity index (χ0n) is 18.8. The molecule has 1 fully saturated rings. The first-order chi connectivity index (χ1) is 13.1. The van der Waals surface area contributed by atoms with Crippen LogP contribution in [0.3, 0.4) is 0 Å². The highest BCUT2D eigenvalue weighted by molar-refractivity contribution is 5.90. The van der Waals surface area contributed by atoms with Gasteiger partial charge in [-0.15, -0.1) is 0 Å². The van der Waals surface area contributed by atoms with Crippen LogP contribution in [0.5, 0.6) is 5.75 Å². The third-order valence-electron chi connectivity index (χ3n) is 3.85. The van der Waals surface area contributed by atoms with E-state index < -0.39 is 0 Å². The number of hydrogen-bond acceptors (Lipinski definition) is 4. The molecular formula is C22H38N2O4. The summed E-state index contributed by atoms with van der Waals surface area (Å²) >= 11 is 0. The number of nitrogens with zero attached hydrogens (tertiary/aromatic N) is 1. The fraction of sp³-hybridized carbons (Fsp3) is 0.636. The Bertz CT molecular complexity index is 588. The molecule has 1 saturated heterocycles. The number of carbonyl (C=O) groups is 2. The van der Waals surface area contributed by atoms with Gasteiger partial charge in [0, 0.05) is 20.0 Å². The van der Waals surface area contributed by atoms with Gasteiger partial charge in [-0.1, -0.05) is 32.9 Å². The van der Waals surface area contributed by atoms with E-state index in [2.05, 4.69) is 12.2 Å². The number of hydrogen-bond donors (Lipinski definition) is 1. The Balaban J connectivity index is 0.000000483. The molecule has 0 spiro atoms. The van der Waals surface area contributed by atoms with Crippen molar-refractivity contribution in [1.82, 2.24) is 4.90 Å². The van der Waals surface area contributed by atoms with Crippen LogP contribution in [-0.2, 0) is 9.53 Å². The van der Waals surface area contributed by atoms with Crippen molar-refractivity contribution in [2.24, 2.45) is 5.92 Å². The van der Waals surface area contributed by atoms with E-state index in [1.165, 1.54) is 6.92 Å². The molecule has 0 unspecified atom stereocenters. The van der Waals surface area contributed by atoms with Gasteiger partial charge in [0.15, 0.2) is 0 Å². The Morgan fingerprint density at radius 3 is 2.11 bits per heavy atom. The monoisotopic (exact) mass is 394 g/mol. The van der Waals surface area contributed by atoms with Crippen LogP contribution in [0.4, 0.5) is 10.5 Å². The van der Waals surface area contributed by atoms with Crippen molar-refractivity contribution in [3.05, 3.63) is 24.3 Å². The first kappa shape index (κ1) is 25.8. The summed E-state index contributed by atoms with van der Waals surface area (Å²) in [5.41, 5.74) is 0.327. The van der Waals surface area contributed by atoms with Gasteiger partial charge in [0.25, 0.3) is 0 Å². The lowest BCUT2D eigenvalue weighted by molar-refractivity contribution is -0.114. The summed E-state index contributed by atoms with van der Waals surface area (Å²) in [5.74, 6) is 1.32. The fourth-order valence-corrected chi connectivity index (χ4v) is 2.46. The van der Waals surface area contributed by atoms with Gasteiger partial charge in [-0.05, 0) is 51.7 Å². The number of piperidine rings is 1. The Kier molecular flexibility index (Phi) is 12.0. The molecule has 1 aliphatic heterocycles. The number of nitrogens with one attached hydrogen (secondary N) is 1. The predicted molar refractivity (Wildman–Crippen MR) is 115 cm³/mol. The lowest BCUT2D eigenvalue weighted by atomic mass is 10.00. The number of likely N-dealkylation sites (tertiary alicyclic amines) is 1. The van der Waals surface area contributed by atoms with E-state index in [9.17, 15) is 9.59 Å². The normalized spacial score (nSPS) is 13.9. The zero-order valence-corrected chi connectivity index (χ0v) is 18.8. The number of para-hydroxylation sites is 2. The molecule has 28 heavy (non-hydrogen) atoms. The summed E-state index contributed by atoms with van der Waals surface area (Å²) in [6.07, 6.45) is 2.03. The average Bonchev–Trinajstić information content (AvgIpc) is 2.63. The minimum atomic E-state index is -0.375. The summed E-state index contributed by atoms with van der Waals surface area (Å²) in [6.45, 7) is 15.1. The molecule has 0 bridgehead atoms. The van der Waals surface area contributed by atoms with Gasteiger partial charge in [-0.25, -0.2) is 4.79 Å². The van der Waals surface area contributed by atoms with E-state index in [4.69, 9.17) is 9.47 Å². The SMILES string of the molecule is CC.CC1CCN(C(=O)OC(C)(C)C)CC1.COc1ccccc1NC(C)=O. The third kappa shape index (κ3) is 10.8. The highest BCUT2D eigenvalue weighted by atomic mass is 16.6. The zero-order chi connectivity index (χ0) is 21.7. The van der Waals surface area contributed by atoms with Gasteiger partial charge in [-0.2, -0.15) is 0 Å². The second kappa shape index (κ2) is 13.0. The summed E-state index contributed by atoms with van der Waals surface area (Å²) < 4.78 is 10.3. The molecule has 0 saturated carbocycles. The van der Waals surface area contributed by atoms with E-state index in [1.807, 2.05) is 51.7 Å². The Hall–Kier alpha value is -2.24. The standard InChI is InChI=1S/C11H21NO2.C9H11NO2.C2H6/c1-9-5-7-12(8-6-9)10(13)14-11(2,3)4;1-7(11)10-8-5-3-4-6-9(8)12-2;1-2/h9H,5-8H2,1-4H3;3-6H,1-2H3,(H,10,11);1-2H3. The Morgan fingerprint density at radius 2 is 1.64 bits per heavy atom. The molecule has 1 aromatic rings. The van der Waals surface area contributed by atoms with Crippen molar-refractivity contribution in [3.63, 3.8) is 0 Å². The highest BCUT2D eigenvalue weighted by Gasteiger charge is 2.25. The molecule has 0 aromatic heterocycles. The van der Waals surface area contributed by atoms with Crippen molar-refractivity contribution in [3.8, 4) is 5.75 Å². The maximum Gasteiger partial charge on any atom is 0.410 e. The molecule has 2 amide bonds. The van der Waals surface area contributed by atoms with Crippen molar-refractivity contribution in [2.45, 2.75) is 66.9 Å². The minimum Gasteiger partial charge on any atom is -0.495 e. The van der Waals surface area contributed by atoms with Crippen molar-refractivity contribution in [2.75, 3.05) is 25.5 Å². The molecular weight excluding hydrogens is 356 g/mol. The van der Waals surface area contributed by atoms with Gasteiger partial charge in [0.05, 0.1) is 12.8 Å². The topological polar surface area (TPSA) is 67.9 Å². The molecule has 1 aromatic carbocycles. The number of rotatable bonds is 2. The predicted octanol–water partition coefficient (Wildman–Crippen LogP) is 5.33. The van der Waals surface area contributed by atoms with Crippen LogP contribution < -0.4 is 10.1 Å². The first-order valence-corrected chi connectivity index (χ1v) is 10.0. The number of amides is 2. The fourth-order valence-electron chi connectivity index (χ4n) is 2.46. The largest absolute Gasteiger partial charge is 0.495 e. The maximum absolute atomic E-state index is 11.6. The summed E-state index contributed by atoms with van der Waals surface area (Å²) in [4.78, 5) is 24.1. The van der Waals surface area contributed by atoms with E-state index in [-0.39, 0.29) is 17.6 Å². The third-order valence-corrected chi connectivity index (χ3v) is 3.85. The summed E-state index contributed by atoms with van der Waals surface area (Å²) in [7, 11) is 1.57. The van der Waals surface area contributed by atoms with Gasteiger partial charge in [0.1, 0.15) is 11.4 Å². The van der Waals surface area contributed by atoms with Crippen molar-refractivity contribution < 1.29 is 19.1 Å². The first-order valence-electron chi connectivity index (χ1n) is 10.0. The quantitative estimate of drug-likeness (QED) is 0.736. The molecule has 1 N–H and O–H groups in total. The van der Waals surface area contributed by atoms with Crippen LogP contribution in [0.1, 0.15) is 61.3 Å². The number of anilines is 1. The molecule has 6 heteroatoms. The van der Waals surface area contributed by atoms with Gasteiger partial charge in [0.2, 0.25) is 5.91 Å². The van der Waals surface area contributed by atoms with Crippen LogP contribution in [0.15, 0.2) is 24.3 Å². The molecule has 6 nitrogen and oxygen atoms in total. The van der Waals surface area contributed by atoms with Crippen LogP contribution in [0.25, 0.3) is 0 Å². The molecule has 0 aliphatic carbocycles. The van der Waals surface area contributed by atoms with Crippen LogP contribution in [-0.4, -0.2) is 42.7 Å². The second-order valence-electron chi connectivity index (χ2n) is 7.53. The molecule has 2 rings (SSSR count). The number of benzene rings is 1. The molecule has 1 aliphatic rings. The lowest BCUT2D eigenvalue weighted by Crippen LogP contribution is -2.41. The smallest absolute Gasteiger partial charge is 0.410 e. The molecule has 160 valence electrons. The van der Waals surface area contributed by atoms with E-state index in [0.717, 1.165) is 31.8 Å². The Labute approximate surface area is 170 Å². The van der Waals surface area contributed by atoms with E-state index in [0.29, 0.717) is 11.4 Å². The maximum atomic E-state index is 11.6. The molecule has 0 radical (unpaired) electrons. The Morgan fingerprint density at radius 1 is 1.11 bits per heavy atom. The highest BCUT2D eigenvalue weighted by Crippen LogP contribution is 2.22. The summed E-state index contributed by atoms with van der Waals surface area (Å²) in [5, 5.41) is 2.66. The second-order valence-corrected chi connectivity index (χ2v) is 7.53. The minimum absolute atomic E-state index is 0.0977. The van der Waals surface area contributed by atoms with Crippen LogP contribution in [0.2, 0.25) is 0 Å². The number of methoxy groups -OCH3 is 1. The van der Waals surface area contributed by atoms with Crippen molar-refractivity contribution in [1.29, 1.82) is 0 Å². The van der Waals surface area contributed by atoms with E-state index >= 15 is 0 Å². The van der Waals surface area contributed by atoms with Gasteiger partial charge in [-0.3, -0.25) is 4.79 Å². The summed E-state index contributed by atoms with van der Waals surface area (Å²) in [6, 6.07) is 7.28. The van der Waals surface area contributed by atoms with Gasteiger partial charge >= 0.3 is 6.09 Å². The van der Waals surface area contributed by atoms with Crippen LogP contribution in [0, 0.1) is 5.92 Å². The number of carbonyl (C=O) groups excluding carboxylic acids is 2. The number of ether oxygens (including phenoxy) is 2.